The molecule has 0 aromatic carbocycles. The molecule has 0 atom stereocenters. The van der Waals surface area contributed by atoms with Crippen LogP contribution < -0.4 is 16.2 Å². The van der Waals surface area contributed by atoms with Gasteiger partial charge >= 0.3 is 6.36 Å². The minimum Gasteiger partial charge on any atom is -0.403 e. The summed E-state index contributed by atoms with van der Waals surface area (Å²) in [5, 5.41) is 0. The molecule has 7 heteroatoms. The van der Waals surface area contributed by atoms with E-state index < -0.39 is 12.1 Å². The molecule has 0 aliphatic carbocycles. The number of halogens is 3. The molecule has 0 unspecified atom stereocenters. The molecule has 1 rings (SSSR count). The van der Waals surface area contributed by atoms with E-state index >= 15 is 0 Å². The molecule has 0 spiro atoms. The van der Waals surface area contributed by atoms with E-state index in [2.05, 4.69) is 9.72 Å². The molecular weight excluding hydrogens is 199 g/mol. The van der Waals surface area contributed by atoms with E-state index in [9.17, 15) is 13.2 Å². The Balaban J connectivity index is 3.09. The fourth-order valence-electron chi connectivity index (χ4n) is 0.885. The number of aryl methyl sites for hydroxylation is 1. The number of nitrogens with two attached hydrogens (primary N) is 2. The lowest BCUT2D eigenvalue weighted by molar-refractivity contribution is -0.274. The van der Waals surface area contributed by atoms with Gasteiger partial charge < -0.3 is 16.2 Å². The Morgan fingerprint density at radius 2 is 1.93 bits per heavy atom. The molecule has 78 valence electrons. The van der Waals surface area contributed by atoms with Crippen LogP contribution in [-0.4, -0.2) is 11.3 Å². The number of alkyl halides is 3. The van der Waals surface area contributed by atoms with Gasteiger partial charge in [-0.1, -0.05) is 0 Å². The van der Waals surface area contributed by atoms with E-state index in [1.807, 2.05) is 0 Å². The van der Waals surface area contributed by atoms with Gasteiger partial charge in [0.2, 0.25) is 0 Å². The first-order valence-electron chi connectivity index (χ1n) is 3.58. The summed E-state index contributed by atoms with van der Waals surface area (Å²) in [4.78, 5) is 3.67. The number of ether oxygens (including phenoxy) is 1. The highest BCUT2D eigenvalue weighted by Gasteiger charge is 2.32. The Kier molecular flexibility index (Phi) is 2.41. The predicted octanol–water partition coefficient (Wildman–Crippen LogP) is 1.45. The number of pyridine rings is 1. The highest BCUT2D eigenvalue weighted by molar-refractivity contribution is 5.67. The molecule has 14 heavy (non-hydrogen) atoms. The van der Waals surface area contributed by atoms with Crippen LogP contribution in [-0.2, 0) is 0 Å². The van der Waals surface area contributed by atoms with Gasteiger partial charge in [0.25, 0.3) is 0 Å². The topological polar surface area (TPSA) is 74.2 Å². The van der Waals surface area contributed by atoms with Gasteiger partial charge in [-0.3, -0.25) is 0 Å². The molecule has 0 bridgehead atoms. The van der Waals surface area contributed by atoms with Crippen molar-refractivity contribution >= 4 is 11.5 Å². The normalized spacial score (nSPS) is 11.4. The molecule has 0 saturated heterocycles. The third-order valence-electron chi connectivity index (χ3n) is 1.40. The average molecular weight is 207 g/mol. The summed E-state index contributed by atoms with van der Waals surface area (Å²) in [6.07, 6.45) is -4.78. The smallest absolute Gasteiger partial charge is 0.403 e. The van der Waals surface area contributed by atoms with Gasteiger partial charge in [0.15, 0.2) is 11.6 Å². The summed E-state index contributed by atoms with van der Waals surface area (Å²) < 4.78 is 39.2. The van der Waals surface area contributed by atoms with E-state index in [1.54, 1.807) is 0 Å². The first-order chi connectivity index (χ1) is 6.29. The highest BCUT2D eigenvalue weighted by Crippen LogP contribution is 2.31. The van der Waals surface area contributed by atoms with Crippen LogP contribution in [0.2, 0.25) is 0 Å². The molecule has 0 fully saturated rings. The monoisotopic (exact) mass is 207 g/mol. The zero-order valence-electron chi connectivity index (χ0n) is 7.22. The fourth-order valence-corrected chi connectivity index (χ4v) is 0.885. The maximum Gasteiger partial charge on any atom is 0.573 e. The third kappa shape index (κ3) is 2.41. The number of hydrogen-bond acceptors (Lipinski definition) is 4. The van der Waals surface area contributed by atoms with Crippen LogP contribution in [0.3, 0.4) is 0 Å². The van der Waals surface area contributed by atoms with Crippen LogP contribution in [0.25, 0.3) is 0 Å². The summed E-state index contributed by atoms with van der Waals surface area (Å²) >= 11 is 0. The quantitative estimate of drug-likeness (QED) is 0.730. The molecule has 4 nitrogen and oxygen atoms in total. The maximum absolute atomic E-state index is 11.8. The summed E-state index contributed by atoms with van der Waals surface area (Å²) in [6.45, 7) is 1.49. The van der Waals surface area contributed by atoms with Crippen molar-refractivity contribution in [1.29, 1.82) is 0 Å². The minimum absolute atomic E-state index is 0.177. The van der Waals surface area contributed by atoms with Crippen LogP contribution >= 0.6 is 0 Å². The van der Waals surface area contributed by atoms with E-state index in [-0.39, 0.29) is 11.5 Å². The van der Waals surface area contributed by atoms with Crippen molar-refractivity contribution in [2.45, 2.75) is 13.3 Å². The van der Waals surface area contributed by atoms with Crippen molar-refractivity contribution in [3.8, 4) is 5.75 Å². The second-order valence-electron chi connectivity index (χ2n) is 2.61. The first-order valence-corrected chi connectivity index (χ1v) is 3.58. The van der Waals surface area contributed by atoms with Gasteiger partial charge in [-0.05, 0) is 6.92 Å². The summed E-state index contributed by atoms with van der Waals surface area (Å²) in [5.74, 6) is -0.702. The number of aromatic nitrogens is 1. The van der Waals surface area contributed by atoms with Gasteiger partial charge in [-0.15, -0.1) is 13.2 Å². The Morgan fingerprint density at radius 1 is 1.36 bits per heavy atom. The molecule has 0 aliphatic rings. The van der Waals surface area contributed by atoms with Gasteiger partial charge in [-0.25, -0.2) is 4.98 Å². The SMILES string of the molecule is Cc1cc(OC(F)(F)F)c(N)c(N)n1. The number of rotatable bonds is 1. The highest BCUT2D eigenvalue weighted by atomic mass is 19.4. The second kappa shape index (κ2) is 3.24. The van der Waals surface area contributed by atoms with Crippen LogP contribution in [0, 0.1) is 6.92 Å². The number of nitrogen functional groups attached to an aromatic ring is 2. The summed E-state index contributed by atoms with van der Waals surface area (Å²) in [7, 11) is 0. The Morgan fingerprint density at radius 3 is 2.43 bits per heavy atom. The van der Waals surface area contributed by atoms with Gasteiger partial charge in [0.05, 0.1) is 0 Å². The zero-order chi connectivity index (χ0) is 10.9. The summed E-state index contributed by atoms with van der Waals surface area (Å²) in [5.41, 5.74) is 10.5. The Labute approximate surface area is 77.7 Å². The van der Waals surface area contributed by atoms with Crippen molar-refractivity contribution in [3.05, 3.63) is 11.8 Å². The van der Waals surface area contributed by atoms with Crippen molar-refractivity contribution in [1.82, 2.24) is 4.98 Å². The van der Waals surface area contributed by atoms with E-state index in [4.69, 9.17) is 11.5 Å². The Bertz CT molecular complexity index is 351. The third-order valence-corrected chi connectivity index (χ3v) is 1.40. The van der Waals surface area contributed by atoms with Crippen LogP contribution in [0.1, 0.15) is 5.69 Å². The van der Waals surface area contributed by atoms with Crippen LogP contribution in [0.5, 0.6) is 5.75 Å². The van der Waals surface area contributed by atoms with Crippen molar-refractivity contribution in [3.63, 3.8) is 0 Å². The molecule has 0 radical (unpaired) electrons. The molecule has 4 N–H and O–H groups in total. The second-order valence-corrected chi connectivity index (χ2v) is 2.61. The summed E-state index contributed by atoms with van der Waals surface area (Å²) in [6, 6.07) is 1.07. The van der Waals surface area contributed by atoms with E-state index in [0.717, 1.165) is 6.07 Å². The van der Waals surface area contributed by atoms with E-state index in [1.165, 1.54) is 6.92 Å². The number of hydrogen-bond donors (Lipinski definition) is 2. The van der Waals surface area contributed by atoms with Crippen LogP contribution in [0.4, 0.5) is 24.7 Å². The lowest BCUT2D eigenvalue weighted by atomic mass is 10.3. The Hall–Kier alpha value is -1.66. The largest absolute Gasteiger partial charge is 0.573 e. The molecular formula is C7H8F3N3O. The number of nitrogens with zero attached hydrogens (tertiary/aromatic N) is 1. The number of anilines is 2. The first kappa shape index (κ1) is 10.4. The molecule has 1 aromatic heterocycles. The lowest BCUT2D eigenvalue weighted by Gasteiger charge is -2.12. The van der Waals surface area contributed by atoms with Gasteiger partial charge in [0, 0.05) is 11.8 Å². The molecule has 1 heterocycles. The molecule has 0 aliphatic heterocycles. The van der Waals surface area contributed by atoms with Crippen molar-refractivity contribution in [2.75, 3.05) is 11.5 Å². The van der Waals surface area contributed by atoms with E-state index in [0.29, 0.717) is 5.69 Å². The van der Waals surface area contributed by atoms with Crippen LogP contribution in [0.15, 0.2) is 6.07 Å². The molecule has 0 amide bonds. The predicted molar refractivity (Wildman–Crippen MR) is 44.5 cm³/mol. The lowest BCUT2D eigenvalue weighted by Crippen LogP contribution is -2.18. The standard InChI is InChI=1S/C7H8F3N3O/c1-3-2-4(14-7(8,9)10)5(11)6(12)13-3/h2H,11H2,1H3,(H2,12,13). The average Bonchev–Trinajstić information content (AvgIpc) is 1.96. The minimum atomic E-state index is -4.78. The van der Waals surface area contributed by atoms with Gasteiger partial charge in [0.1, 0.15) is 5.69 Å². The molecule has 0 saturated carbocycles. The molecule has 1 aromatic rings. The fraction of sp³-hybridized carbons (Fsp3) is 0.286. The maximum atomic E-state index is 11.8. The van der Waals surface area contributed by atoms with Crippen molar-refractivity contribution < 1.29 is 17.9 Å². The van der Waals surface area contributed by atoms with Crippen molar-refractivity contribution in [2.24, 2.45) is 0 Å². The zero-order valence-corrected chi connectivity index (χ0v) is 7.22. The van der Waals surface area contributed by atoms with Gasteiger partial charge in [-0.2, -0.15) is 0 Å².